The number of halogens is 5. The number of alkyl halides is 3. The first kappa shape index (κ1) is 32.9. The first-order chi connectivity index (χ1) is 20.1. The molecule has 0 bridgehead atoms. The van der Waals surface area contributed by atoms with Gasteiger partial charge < -0.3 is 30.9 Å². The lowest BCUT2D eigenvalue weighted by Crippen LogP contribution is -2.34. The molecule has 0 aliphatic heterocycles. The lowest BCUT2D eigenvalue weighted by Gasteiger charge is -2.25. The molecule has 3 aromatic rings. The number of rotatable bonds is 12. The highest BCUT2D eigenvalue weighted by Gasteiger charge is 2.36. The summed E-state index contributed by atoms with van der Waals surface area (Å²) in [5, 5.41) is 14.2. The summed E-state index contributed by atoms with van der Waals surface area (Å²) in [6.45, 7) is 2.93. The van der Waals surface area contributed by atoms with Gasteiger partial charge in [-0.3, -0.25) is 0 Å². The Balaban J connectivity index is 1.65. The molecule has 2 aromatic carbocycles. The summed E-state index contributed by atoms with van der Waals surface area (Å²) >= 11 is 0. The Labute approximate surface area is 244 Å². The van der Waals surface area contributed by atoms with Gasteiger partial charge in [0.2, 0.25) is 5.88 Å². The highest BCUT2D eigenvalue weighted by atomic mass is 19.4. The molecule has 3 rings (SSSR count). The van der Waals surface area contributed by atoms with Gasteiger partial charge in [0.05, 0.1) is 41.9 Å². The van der Waals surface area contributed by atoms with Crippen molar-refractivity contribution in [1.82, 2.24) is 10.3 Å². The number of nitrogens with one attached hydrogen (secondary N) is 2. The number of nitrogen functional groups attached to an aromatic ring is 1. The quantitative estimate of drug-likeness (QED) is 0.129. The SMILES string of the molecule is COc1ccc(N)c(CCCCC(C)(C)OC(=O)NCc2c(F)cccc2Nc2cc(C(F)(F)F)c(F)cc2C(=O)O)n1. The maximum Gasteiger partial charge on any atom is 0.419 e. The molecule has 0 saturated heterocycles. The number of carboxylic acids is 1. The van der Waals surface area contributed by atoms with Crippen LogP contribution in [0.25, 0.3) is 0 Å². The number of carboxylic acid groups (broad SMARTS) is 1. The molecule has 0 radical (unpaired) electrons. The number of anilines is 3. The molecule has 43 heavy (non-hydrogen) atoms. The maximum absolute atomic E-state index is 14.7. The number of aromatic carboxylic acids is 1. The lowest BCUT2D eigenvalue weighted by molar-refractivity contribution is -0.139. The van der Waals surface area contributed by atoms with E-state index in [0.29, 0.717) is 42.9 Å². The first-order valence-corrected chi connectivity index (χ1v) is 13.1. The molecule has 1 aromatic heterocycles. The largest absolute Gasteiger partial charge is 0.481 e. The van der Waals surface area contributed by atoms with Crippen LogP contribution < -0.4 is 21.1 Å². The Bertz CT molecular complexity index is 1480. The van der Waals surface area contributed by atoms with Gasteiger partial charge in [-0.05, 0) is 69.9 Å². The van der Waals surface area contributed by atoms with Crippen molar-refractivity contribution >= 4 is 29.1 Å². The minimum atomic E-state index is -5.11. The van der Waals surface area contributed by atoms with Crippen molar-refractivity contribution < 1.29 is 46.1 Å². The number of ether oxygens (including phenoxy) is 2. The van der Waals surface area contributed by atoms with Crippen molar-refractivity contribution in [3.63, 3.8) is 0 Å². The Morgan fingerprint density at radius 3 is 2.40 bits per heavy atom. The van der Waals surface area contributed by atoms with Crippen LogP contribution in [0.2, 0.25) is 0 Å². The van der Waals surface area contributed by atoms with E-state index >= 15 is 0 Å². The predicted molar refractivity (Wildman–Crippen MR) is 148 cm³/mol. The van der Waals surface area contributed by atoms with E-state index in [-0.39, 0.29) is 23.4 Å². The molecule has 232 valence electrons. The third-order valence-corrected chi connectivity index (χ3v) is 6.45. The highest BCUT2D eigenvalue weighted by Crippen LogP contribution is 2.36. The number of nitrogens with zero attached hydrogens (tertiary/aromatic N) is 1. The van der Waals surface area contributed by atoms with Crippen molar-refractivity contribution in [1.29, 1.82) is 0 Å². The second-order valence-electron chi connectivity index (χ2n) is 10.2. The van der Waals surface area contributed by atoms with Crippen molar-refractivity contribution in [2.24, 2.45) is 0 Å². The van der Waals surface area contributed by atoms with Gasteiger partial charge >= 0.3 is 18.2 Å². The van der Waals surface area contributed by atoms with Crippen molar-refractivity contribution in [2.75, 3.05) is 18.2 Å². The van der Waals surface area contributed by atoms with Gasteiger partial charge in [0.15, 0.2) is 0 Å². The molecule has 1 amide bonds. The molecule has 0 aliphatic carbocycles. The Morgan fingerprint density at radius 1 is 1.02 bits per heavy atom. The van der Waals surface area contributed by atoms with Crippen LogP contribution in [0.3, 0.4) is 0 Å². The molecular formula is C29H31F5N4O5. The molecule has 0 spiro atoms. The number of methoxy groups -OCH3 is 1. The van der Waals surface area contributed by atoms with E-state index in [2.05, 4.69) is 15.6 Å². The van der Waals surface area contributed by atoms with E-state index in [4.69, 9.17) is 15.2 Å². The van der Waals surface area contributed by atoms with Gasteiger partial charge in [0.1, 0.15) is 17.2 Å². The zero-order chi connectivity index (χ0) is 31.9. The number of unbranched alkanes of at least 4 members (excludes halogenated alkanes) is 1. The summed E-state index contributed by atoms with van der Waals surface area (Å²) in [6.07, 6.45) is -3.59. The van der Waals surface area contributed by atoms with Crippen LogP contribution in [0, 0.1) is 11.6 Å². The molecule has 14 heteroatoms. The molecule has 5 N–H and O–H groups in total. The summed E-state index contributed by atoms with van der Waals surface area (Å²) in [5.41, 5.74) is 2.80. The zero-order valence-corrected chi connectivity index (χ0v) is 23.6. The number of carbonyl (C=O) groups excluding carboxylic acids is 1. The van der Waals surface area contributed by atoms with Crippen LogP contribution in [0.1, 0.15) is 60.3 Å². The Morgan fingerprint density at radius 2 is 1.74 bits per heavy atom. The number of hydrogen-bond donors (Lipinski definition) is 4. The molecule has 0 aliphatic rings. The molecule has 0 unspecified atom stereocenters. The summed E-state index contributed by atoms with van der Waals surface area (Å²) in [4.78, 5) is 28.5. The number of pyridine rings is 1. The second-order valence-corrected chi connectivity index (χ2v) is 10.2. The van der Waals surface area contributed by atoms with Gasteiger partial charge in [-0.1, -0.05) is 6.07 Å². The van der Waals surface area contributed by atoms with Crippen LogP contribution in [-0.2, 0) is 23.9 Å². The number of aromatic nitrogens is 1. The summed E-state index contributed by atoms with van der Waals surface area (Å²) in [7, 11) is 1.50. The van der Waals surface area contributed by atoms with Crippen molar-refractivity contribution in [3.05, 3.63) is 76.5 Å². The number of alkyl carbamates (subject to hydrolysis) is 1. The maximum atomic E-state index is 14.7. The zero-order valence-electron chi connectivity index (χ0n) is 23.6. The number of nitrogens with two attached hydrogens (primary N) is 1. The van der Waals surface area contributed by atoms with Gasteiger partial charge in [0, 0.05) is 17.3 Å². The predicted octanol–water partition coefficient (Wildman–Crippen LogP) is 6.83. The molecule has 0 atom stereocenters. The second kappa shape index (κ2) is 13.6. The monoisotopic (exact) mass is 610 g/mol. The molecule has 1 heterocycles. The summed E-state index contributed by atoms with van der Waals surface area (Å²) < 4.78 is 79.1. The van der Waals surface area contributed by atoms with Gasteiger partial charge in [-0.15, -0.1) is 0 Å². The van der Waals surface area contributed by atoms with E-state index in [1.165, 1.54) is 19.2 Å². The number of aryl methyl sites for hydroxylation is 1. The fraction of sp³-hybridized carbons (Fsp3) is 0.345. The van der Waals surface area contributed by atoms with Crippen LogP contribution in [-0.4, -0.2) is 34.9 Å². The molecule has 0 fully saturated rings. The average Bonchev–Trinajstić information content (AvgIpc) is 2.91. The topological polar surface area (TPSA) is 136 Å². The van der Waals surface area contributed by atoms with E-state index in [1.807, 2.05) is 0 Å². The minimum Gasteiger partial charge on any atom is -0.481 e. The molecular weight excluding hydrogens is 579 g/mol. The Kier molecular flexibility index (Phi) is 10.4. The lowest BCUT2D eigenvalue weighted by atomic mass is 9.99. The van der Waals surface area contributed by atoms with E-state index in [0.717, 1.165) is 6.07 Å². The van der Waals surface area contributed by atoms with Crippen LogP contribution >= 0.6 is 0 Å². The number of carbonyl (C=O) groups is 2. The molecule has 0 saturated carbocycles. The molecule has 9 nitrogen and oxygen atoms in total. The van der Waals surface area contributed by atoms with E-state index in [9.17, 15) is 36.6 Å². The fourth-order valence-corrected chi connectivity index (χ4v) is 4.22. The summed E-state index contributed by atoms with van der Waals surface area (Å²) in [6, 6.07) is 7.43. The standard InChI is InChI=1S/C29H31F5N4O5/c1-28(2,12-5-4-8-23-21(35)10-11-25(38-23)42-3)43-27(41)36-15-17-19(30)7-6-9-22(17)37-24-14-18(29(32,33)34)20(31)13-16(24)26(39)40/h6-7,9-11,13-14,37H,4-5,8,12,15,35H2,1-3H3,(H,36,41)(H,39,40). The first-order valence-electron chi connectivity index (χ1n) is 13.1. The number of benzene rings is 2. The van der Waals surface area contributed by atoms with Crippen molar-refractivity contribution in [3.8, 4) is 5.88 Å². The van der Waals surface area contributed by atoms with Crippen molar-refractivity contribution in [2.45, 2.75) is 57.9 Å². The van der Waals surface area contributed by atoms with Crippen LogP contribution in [0.4, 0.5) is 43.8 Å². The Hall–Kier alpha value is -4.62. The minimum absolute atomic E-state index is 0.146. The van der Waals surface area contributed by atoms with Crippen LogP contribution in [0.5, 0.6) is 5.88 Å². The highest BCUT2D eigenvalue weighted by molar-refractivity contribution is 5.95. The van der Waals surface area contributed by atoms with Gasteiger partial charge in [0.25, 0.3) is 0 Å². The average molecular weight is 611 g/mol. The number of hydrogen-bond acceptors (Lipinski definition) is 7. The van der Waals surface area contributed by atoms with E-state index in [1.54, 1.807) is 26.0 Å². The van der Waals surface area contributed by atoms with E-state index < -0.39 is 58.8 Å². The smallest absolute Gasteiger partial charge is 0.419 e. The summed E-state index contributed by atoms with van der Waals surface area (Å²) in [5.74, 6) is -3.88. The fourth-order valence-electron chi connectivity index (χ4n) is 4.22. The third-order valence-electron chi connectivity index (χ3n) is 6.45. The number of amides is 1. The van der Waals surface area contributed by atoms with Gasteiger partial charge in [-0.2, -0.15) is 13.2 Å². The third kappa shape index (κ3) is 8.93. The van der Waals surface area contributed by atoms with Gasteiger partial charge in [-0.25, -0.2) is 23.4 Å². The normalized spacial score (nSPS) is 11.6. The van der Waals surface area contributed by atoms with Crippen LogP contribution in [0.15, 0.2) is 42.5 Å².